The van der Waals surface area contributed by atoms with Crippen LogP contribution in [-0.4, -0.2) is 15.5 Å². The zero-order valence-corrected chi connectivity index (χ0v) is 7.38. The summed E-state index contributed by atoms with van der Waals surface area (Å²) in [5.41, 5.74) is 0. The SMILES string of the molecule is CC(C)Oc1nc(=S)s[nH]1. The van der Waals surface area contributed by atoms with Gasteiger partial charge in [-0.15, -0.1) is 0 Å². The number of H-pyrrole nitrogens is 1. The van der Waals surface area contributed by atoms with E-state index in [9.17, 15) is 0 Å². The van der Waals surface area contributed by atoms with E-state index in [1.165, 1.54) is 11.5 Å². The van der Waals surface area contributed by atoms with Crippen molar-refractivity contribution >= 4 is 23.8 Å². The van der Waals surface area contributed by atoms with Crippen molar-refractivity contribution in [2.75, 3.05) is 0 Å². The maximum absolute atomic E-state index is 5.21. The molecule has 1 N–H and O–H groups in total. The summed E-state index contributed by atoms with van der Waals surface area (Å²) < 4.78 is 8.63. The summed E-state index contributed by atoms with van der Waals surface area (Å²) in [5, 5.41) is 0. The molecule has 5 heteroatoms. The predicted molar refractivity (Wildman–Crippen MR) is 43.1 cm³/mol. The summed E-state index contributed by atoms with van der Waals surface area (Å²) in [6, 6.07) is 0.519. The van der Waals surface area contributed by atoms with Gasteiger partial charge >= 0.3 is 6.01 Å². The molecule has 56 valence electrons. The number of nitrogens with zero attached hydrogens (tertiary/aromatic N) is 1. The second-order valence-corrected chi connectivity index (χ2v) is 3.49. The lowest BCUT2D eigenvalue weighted by atomic mass is 10.5. The van der Waals surface area contributed by atoms with Gasteiger partial charge in [0, 0.05) is 0 Å². The summed E-state index contributed by atoms with van der Waals surface area (Å²) in [5.74, 6) is 0. The highest BCUT2D eigenvalue weighted by molar-refractivity contribution is 7.73. The summed E-state index contributed by atoms with van der Waals surface area (Å²) in [7, 11) is 0. The smallest absolute Gasteiger partial charge is 0.305 e. The van der Waals surface area contributed by atoms with Crippen LogP contribution in [0.4, 0.5) is 0 Å². The summed E-state index contributed by atoms with van der Waals surface area (Å²) in [4.78, 5) is 3.91. The van der Waals surface area contributed by atoms with Gasteiger partial charge in [-0.25, -0.2) is 0 Å². The third kappa shape index (κ3) is 2.07. The fourth-order valence-electron chi connectivity index (χ4n) is 0.490. The molecule has 1 rings (SSSR count). The van der Waals surface area contributed by atoms with Gasteiger partial charge in [0.2, 0.25) is 3.95 Å². The lowest BCUT2D eigenvalue weighted by molar-refractivity contribution is 0.225. The highest BCUT2D eigenvalue weighted by atomic mass is 32.2. The lowest BCUT2D eigenvalue weighted by Crippen LogP contribution is -2.06. The molecule has 0 fully saturated rings. The average molecular weight is 176 g/mol. The average Bonchev–Trinajstić information content (AvgIpc) is 2.13. The molecule has 0 saturated heterocycles. The first-order valence-electron chi connectivity index (χ1n) is 2.90. The van der Waals surface area contributed by atoms with Crippen molar-refractivity contribution < 1.29 is 4.74 Å². The Morgan fingerprint density at radius 3 is 2.80 bits per heavy atom. The molecule has 0 aliphatic carbocycles. The molecule has 3 nitrogen and oxygen atoms in total. The monoisotopic (exact) mass is 176 g/mol. The van der Waals surface area contributed by atoms with E-state index in [0.29, 0.717) is 9.96 Å². The van der Waals surface area contributed by atoms with Gasteiger partial charge < -0.3 is 4.74 Å². The van der Waals surface area contributed by atoms with Crippen molar-refractivity contribution in [3.63, 3.8) is 0 Å². The minimum absolute atomic E-state index is 0.146. The van der Waals surface area contributed by atoms with Crippen LogP contribution in [0.15, 0.2) is 0 Å². The Bertz CT molecular complexity index is 252. The van der Waals surface area contributed by atoms with Crippen molar-refractivity contribution in [3.8, 4) is 6.01 Å². The highest BCUT2D eigenvalue weighted by Gasteiger charge is 1.98. The Morgan fingerprint density at radius 1 is 1.70 bits per heavy atom. The van der Waals surface area contributed by atoms with Crippen molar-refractivity contribution in [3.05, 3.63) is 3.95 Å². The highest BCUT2D eigenvalue weighted by Crippen LogP contribution is 2.07. The number of aromatic nitrogens is 2. The van der Waals surface area contributed by atoms with Crippen LogP contribution in [0.2, 0.25) is 0 Å². The van der Waals surface area contributed by atoms with Crippen molar-refractivity contribution in [1.82, 2.24) is 9.36 Å². The Balaban J connectivity index is 2.67. The molecule has 1 aromatic heterocycles. The molecule has 1 aromatic rings. The van der Waals surface area contributed by atoms with E-state index in [2.05, 4.69) is 9.36 Å². The minimum Gasteiger partial charge on any atom is -0.461 e. The maximum atomic E-state index is 5.21. The second-order valence-electron chi connectivity index (χ2n) is 2.05. The fourth-order valence-corrected chi connectivity index (χ4v) is 1.09. The molecular formula is C5H8N2OS2. The summed E-state index contributed by atoms with van der Waals surface area (Å²) in [6.07, 6.45) is 0.146. The number of ether oxygens (including phenoxy) is 1. The first-order valence-corrected chi connectivity index (χ1v) is 4.13. The van der Waals surface area contributed by atoms with Crippen molar-refractivity contribution in [2.45, 2.75) is 20.0 Å². The van der Waals surface area contributed by atoms with Crippen molar-refractivity contribution in [2.24, 2.45) is 0 Å². The number of hydrogen-bond acceptors (Lipinski definition) is 4. The molecular weight excluding hydrogens is 168 g/mol. The Kier molecular flexibility index (Phi) is 2.39. The van der Waals surface area contributed by atoms with Gasteiger partial charge in [0.15, 0.2) is 0 Å². The quantitative estimate of drug-likeness (QED) is 0.700. The molecule has 10 heavy (non-hydrogen) atoms. The standard InChI is InChI=1S/C5H8N2OS2/c1-3(2)8-4-6-5(9)10-7-4/h3H,1-2H3,(H,6,7,9). The van der Waals surface area contributed by atoms with Gasteiger partial charge in [0.25, 0.3) is 0 Å². The fraction of sp³-hybridized carbons (Fsp3) is 0.600. The molecule has 0 spiro atoms. The van der Waals surface area contributed by atoms with E-state index in [1.807, 2.05) is 13.8 Å². The Morgan fingerprint density at radius 2 is 2.40 bits per heavy atom. The molecule has 1 heterocycles. The number of hydrogen-bond donors (Lipinski definition) is 1. The summed E-state index contributed by atoms with van der Waals surface area (Å²) >= 11 is 6.08. The summed E-state index contributed by atoms with van der Waals surface area (Å²) in [6.45, 7) is 3.88. The van der Waals surface area contributed by atoms with Crippen LogP contribution >= 0.6 is 23.8 Å². The third-order valence-electron chi connectivity index (χ3n) is 0.766. The molecule has 0 bridgehead atoms. The molecule has 0 radical (unpaired) electrons. The Labute approximate surface area is 68.2 Å². The molecule has 0 amide bonds. The maximum Gasteiger partial charge on any atom is 0.305 e. The second kappa shape index (κ2) is 3.12. The van der Waals surface area contributed by atoms with Crippen LogP contribution in [-0.2, 0) is 0 Å². The first kappa shape index (κ1) is 7.68. The van der Waals surface area contributed by atoms with Gasteiger partial charge in [-0.2, -0.15) is 4.98 Å². The molecule has 0 atom stereocenters. The molecule has 0 aliphatic rings. The molecule has 0 unspecified atom stereocenters. The van der Waals surface area contributed by atoms with Gasteiger partial charge in [-0.05, 0) is 37.6 Å². The van der Waals surface area contributed by atoms with Crippen molar-refractivity contribution in [1.29, 1.82) is 0 Å². The molecule has 0 aromatic carbocycles. The van der Waals surface area contributed by atoms with Gasteiger partial charge in [0.1, 0.15) is 0 Å². The third-order valence-corrected chi connectivity index (χ3v) is 1.65. The lowest BCUT2D eigenvalue weighted by Gasteiger charge is -2.03. The van der Waals surface area contributed by atoms with Crippen LogP contribution in [0.25, 0.3) is 0 Å². The number of nitrogens with one attached hydrogen (secondary N) is 1. The van der Waals surface area contributed by atoms with Crippen LogP contribution in [0, 0.1) is 3.95 Å². The molecule has 0 saturated carbocycles. The topological polar surface area (TPSA) is 37.9 Å². The van der Waals surface area contributed by atoms with Crippen LogP contribution in [0.1, 0.15) is 13.8 Å². The normalized spacial score (nSPS) is 10.3. The zero-order valence-electron chi connectivity index (χ0n) is 5.75. The van der Waals surface area contributed by atoms with Crippen LogP contribution in [0.3, 0.4) is 0 Å². The zero-order chi connectivity index (χ0) is 7.56. The Hall–Kier alpha value is -0.420. The number of aromatic amines is 1. The minimum atomic E-state index is 0.146. The van der Waals surface area contributed by atoms with E-state index in [0.717, 1.165) is 0 Å². The van der Waals surface area contributed by atoms with Crippen LogP contribution in [0.5, 0.6) is 6.01 Å². The molecule has 0 aliphatic heterocycles. The van der Waals surface area contributed by atoms with E-state index in [4.69, 9.17) is 17.0 Å². The predicted octanol–water partition coefficient (Wildman–Crippen LogP) is 1.99. The van der Waals surface area contributed by atoms with E-state index >= 15 is 0 Å². The number of rotatable bonds is 2. The van der Waals surface area contributed by atoms with E-state index in [1.54, 1.807) is 0 Å². The van der Waals surface area contributed by atoms with E-state index in [-0.39, 0.29) is 6.10 Å². The van der Waals surface area contributed by atoms with E-state index < -0.39 is 0 Å². The van der Waals surface area contributed by atoms with Crippen LogP contribution < -0.4 is 4.74 Å². The largest absolute Gasteiger partial charge is 0.461 e. The van der Waals surface area contributed by atoms with Gasteiger partial charge in [0.05, 0.1) is 6.10 Å². The van der Waals surface area contributed by atoms with Gasteiger partial charge in [-0.1, -0.05) is 0 Å². The first-order chi connectivity index (χ1) is 4.68. The van der Waals surface area contributed by atoms with Gasteiger partial charge in [-0.3, -0.25) is 4.37 Å².